The van der Waals surface area contributed by atoms with Crippen LogP contribution in [0.5, 0.6) is 0 Å². The highest BCUT2D eigenvalue weighted by Crippen LogP contribution is 2.34. The van der Waals surface area contributed by atoms with Gasteiger partial charge in [-0.3, -0.25) is 43.5 Å². The number of rotatable bonds is 11. The van der Waals surface area contributed by atoms with Gasteiger partial charge in [0.1, 0.15) is 29.1 Å². The Hall–Kier alpha value is -7.05. The molecule has 18 heteroatoms. The number of pyridine rings is 2. The van der Waals surface area contributed by atoms with Crippen LogP contribution in [0.3, 0.4) is 0 Å². The summed E-state index contributed by atoms with van der Waals surface area (Å²) in [6, 6.07) is 15.9. The van der Waals surface area contributed by atoms with Crippen LogP contribution >= 0.6 is 0 Å². The van der Waals surface area contributed by atoms with Crippen LogP contribution in [0.4, 0.5) is 24.5 Å². The third-order valence-corrected chi connectivity index (χ3v) is 13.9. The van der Waals surface area contributed by atoms with E-state index in [1.165, 1.54) is 6.07 Å². The zero-order valence-electron chi connectivity index (χ0n) is 37.9. The first-order valence-corrected chi connectivity index (χ1v) is 23.1. The number of carbonyl (C=O) groups excluding carboxylic acids is 3. The standard InChI is InChI=1S/C50H52F3N11O4/c1-54-33-12-18-63(46(66)25-33)44-7-13-55-48-39(44)26-36(59(48)2)28-61-16-10-31(11-17-61)47-41(52)21-32(22-42(47)53)50(68)62-19-20-64-37(29-62)23-35(58-64)27-60-14-8-30(9-15-60)38-4-3-34(24-40(38)51)56-43-5-6-45(65)57-49(43)67/h3-4,7,10,12-13,18,21-26,30,43,54,56H,5-6,8-9,11,14-17,19-20,27-29H2,1-2H3,(H,57,65,67). The molecule has 15 nitrogen and oxygen atoms in total. The molecule has 1 atom stereocenters. The molecule has 0 bridgehead atoms. The molecular weight excluding hydrogens is 876 g/mol. The number of piperidine rings is 2. The van der Waals surface area contributed by atoms with Crippen LogP contribution in [0.1, 0.15) is 76.6 Å². The highest BCUT2D eigenvalue weighted by Gasteiger charge is 2.30. The van der Waals surface area contributed by atoms with Gasteiger partial charge in [-0.05, 0) is 104 Å². The Labute approximate surface area is 390 Å². The summed E-state index contributed by atoms with van der Waals surface area (Å²) in [7, 11) is 3.70. The van der Waals surface area contributed by atoms with E-state index in [0.717, 1.165) is 77.6 Å². The molecule has 10 rings (SSSR count). The van der Waals surface area contributed by atoms with E-state index in [4.69, 9.17) is 5.10 Å². The smallest absolute Gasteiger partial charge is 0.257 e. The Morgan fingerprint density at radius 1 is 0.838 bits per heavy atom. The molecule has 0 spiro atoms. The molecule has 4 aliphatic heterocycles. The number of anilines is 2. The van der Waals surface area contributed by atoms with E-state index in [-0.39, 0.29) is 47.3 Å². The molecule has 0 aliphatic carbocycles. The van der Waals surface area contributed by atoms with Crippen molar-refractivity contribution in [3.63, 3.8) is 0 Å². The molecule has 1 unspecified atom stereocenters. The SMILES string of the molecule is CNc1ccn(-c2ccnc3c2cc(CN2CC=C(c4c(F)cc(C(=O)N5CCn6nc(CN7CCC(c8ccc(NC9CCC(=O)NC9=O)cc8F)CC7)cc6C5)cc4F)CC2)n3C)c(=O)c1. The fourth-order valence-corrected chi connectivity index (χ4v) is 10.1. The van der Waals surface area contributed by atoms with Crippen molar-refractivity contribution in [1.29, 1.82) is 0 Å². The summed E-state index contributed by atoms with van der Waals surface area (Å²) in [5, 5.41) is 14.0. The first-order chi connectivity index (χ1) is 32.9. The number of amides is 3. The Kier molecular flexibility index (Phi) is 12.2. The Morgan fingerprint density at radius 3 is 2.37 bits per heavy atom. The summed E-state index contributed by atoms with van der Waals surface area (Å²) >= 11 is 0. The fourth-order valence-electron chi connectivity index (χ4n) is 10.1. The zero-order chi connectivity index (χ0) is 47.2. The quantitative estimate of drug-likeness (QED) is 0.134. The molecule has 0 saturated carbocycles. The minimum absolute atomic E-state index is 0.0431. The van der Waals surface area contributed by atoms with E-state index in [1.54, 1.807) is 47.1 Å². The molecule has 4 aliphatic rings. The lowest BCUT2D eigenvalue weighted by Gasteiger charge is -2.32. The summed E-state index contributed by atoms with van der Waals surface area (Å²) in [5.74, 6) is -2.98. The lowest BCUT2D eigenvalue weighted by molar-refractivity contribution is -0.133. The van der Waals surface area contributed by atoms with E-state index in [0.29, 0.717) is 68.9 Å². The van der Waals surface area contributed by atoms with E-state index in [2.05, 4.69) is 30.7 Å². The number of hydrogen-bond donors (Lipinski definition) is 3. The summed E-state index contributed by atoms with van der Waals surface area (Å²) in [5.41, 5.74) is 6.25. The zero-order valence-corrected chi connectivity index (χ0v) is 37.9. The van der Waals surface area contributed by atoms with Crippen molar-refractivity contribution in [3.8, 4) is 5.69 Å². The molecule has 2 fully saturated rings. The summed E-state index contributed by atoms with van der Waals surface area (Å²) in [6.07, 6.45) is 7.81. The van der Waals surface area contributed by atoms with Crippen LogP contribution in [-0.4, -0.2) is 102 Å². The van der Waals surface area contributed by atoms with Gasteiger partial charge in [0.05, 0.1) is 30.2 Å². The Bertz CT molecular complexity index is 3040. The first kappa shape index (κ1) is 44.8. The highest BCUT2D eigenvalue weighted by molar-refractivity contribution is 6.01. The van der Waals surface area contributed by atoms with Crippen molar-refractivity contribution in [3.05, 3.63) is 141 Å². The number of hydrogen-bond acceptors (Lipinski definition) is 10. The van der Waals surface area contributed by atoms with E-state index in [1.807, 2.05) is 46.6 Å². The van der Waals surface area contributed by atoms with Gasteiger partial charge < -0.3 is 20.1 Å². The molecule has 68 heavy (non-hydrogen) atoms. The predicted octanol–water partition coefficient (Wildman–Crippen LogP) is 5.92. The lowest BCUT2D eigenvalue weighted by Crippen LogP contribution is -2.47. The van der Waals surface area contributed by atoms with Gasteiger partial charge in [-0.2, -0.15) is 5.10 Å². The number of halogens is 3. The maximum Gasteiger partial charge on any atom is 0.257 e. The van der Waals surface area contributed by atoms with Crippen molar-refractivity contribution < 1.29 is 27.6 Å². The van der Waals surface area contributed by atoms with E-state index in [9.17, 15) is 19.2 Å². The lowest BCUT2D eigenvalue weighted by atomic mass is 9.89. The van der Waals surface area contributed by atoms with Crippen LogP contribution in [0.15, 0.2) is 83.9 Å². The van der Waals surface area contributed by atoms with Crippen LogP contribution in [0.2, 0.25) is 0 Å². The molecule has 2 aromatic carbocycles. The monoisotopic (exact) mass is 927 g/mol. The number of aryl methyl sites for hydroxylation is 1. The largest absolute Gasteiger partial charge is 0.388 e. The van der Waals surface area contributed by atoms with Gasteiger partial charge in [0.2, 0.25) is 11.8 Å². The Balaban J connectivity index is 0.732. The van der Waals surface area contributed by atoms with Crippen molar-refractivity contribution in [1.82, 2.24) is 43.9 Å². The van der Waals surface area contributed by atoms with Crippen LogP contribution in [-0.2, 0) is 42.8 Å². The van der Waals surface area contributed by atoms with Crippen LogP contribution in [0.25, 0.3) is 22.3 Å². The van der Waals surface area contributed by atoms with Gasteiger partial charge in [-0.1, -0.05) is 12.1 Å². The normalized spacial score (nSPS) is 18.4. The fraction of sp³-hybridized carbons (Fsp3) is 0.360. The van der Waals surface area contributed by atoms with Crippen molar-refractivity contribution in [2.24, 2.45) is 7.05 Å². The van der Waals surface area contributed by atoms with E-state index >= 15 is 13.2 Å². The van der Waals surface area contributed by atoms with Gasteiger partial charge >= 0.3 is 0 Å². The van der Waals surface area contributed by atoms with Gasteiger partial charge in [0, 0.05) is 105 Å². The second-order valence-corrected chi connectivity index (χ2v) is 18.2. The highest BCUT2D eigenvalue weighted by atomic mass is 19.1. The average Bonchev–Trinajstić information content (AvgIpc) is 3.89. The maximum atomic E-state index is 15.8. The number of benzene rings is 2. The number of imide groups is 1. The Morgan fingerprint density at radius 2 is 1.65 bits per heavy atom. The minimum Gasteiger partial charge on any atom is -0.388 e. The van der Waals surface area contributed by atoms with Gasteiger partial charge in [-0.15, -0.1) is 0 Å². The van der Waals surface area contributed by atoms with Gasteiger partial charge in [0.25, 0.3) is 11.5 Å². The molecule has 2 saturated heterocycles. The number of fused-ring (bicyclic) bond motifs is 2. The third kappa shape index (κ3) is 8.92. The molecule has 6 aromatic rings. The predicted molar refractivity (Wildman–Crippen MR) is 251 cm³/mol. The van der Waals surface area contributed by atoms with Gasteiger partial charge in [0.15, 0.2) is 0 Å². The number of nitrogens with one attached hydrogen (secondary N) is 3. The molecule has 8 heterocycles. The van der Waals surface area contributed by atoms with Crippen molar-refractivity contribution in [2.75, 3.05) is 50.4 Å². The molecule has 3 amide bonds. The number of nitrogens with zero attached hydrogens (tertiary/aromatic N) is 8. The minimum atomic E-state index is -0.770. The second-order valence-electron chi connectivity index (χ2n) is 18.2. The van der Waals surface area contributed by atoms with Crippen molar-refractivity contribution in [2.45, 2.75) is 70.2 Å². The van der Waals surface area contributed by atoms with Crippen LogP contribution in [0, 0.1) is 17.5 Å². The topological polar surface area (TPSA) is 155 Å². The number of carbonyl (C=O) groups is 3. The maximum absolute atomic E-state index is 15.8. The molecule has 0 radical (unpaired) electrons. The summed E-state index contributed by atoms with van der Waals surface area (Å²) in [4.78, 5) is 60.9. The van der Waals surface area contributed by atoms with Crippen molar-refractivity contribution >= 4 is 45.7 Å². The third-order valence-electron chi connectivity index (χ3n) is 13.9. The molecule has 3 N–H and O–H groups in total. The summed E-state index contributed by atoms with van der Waals surface area (Å²) < 4.78 is 52.5. The van der Waals surface area contributed by atoms with Gasteiger partial charge in [-0.25, -0.2) is 18.2 Å². The average molecular weight is 928 g/mol. The molecule has 4 aromatic heterocycles. The molecule has 352 valence electrons. The number of likely N-dealkylation sites (tertiary alicyclic amines) is 1. The second kappa shape index (κ2) is 18.6. The first-order valence-electron chi connectivity index (χ1n) is 23.1. The van der Waals surface area contributed by atoms with E-state index < -0.39 is 29.5 Å². The molecular formula is C50H52F3N11O4. The summed E-state index contributed by atoms with van der Waals surface area (Å²) in [6.45, 7) is 4.73. The van der Waals surface area contributed by atoms with Crippen LogP contribution < -0.4 is 21.5 Å². The number of aromatic nitrogens is 5.